The summed E-state index contributed by atoms with van der Waals surface area (Å²) in [6, 6.07) is 0. The number of nitrogens with two attached hydrogens (primary N) is 1. The van der Waals surface area contributed by atoms with E-state index in [1.54, 1.807) is 0 Å². The highest BCUT2D eigenvalue weighted by Gasteiger charge is 2.20. The van der Waals surface area contributed by atoms with Gasteiger partial charge < -0.3 is 15.2 Å². The molecule has 21 heavy (non-hydrogen) atoms. The summed E-state index contributed by atoms with van der Waals surface area (Å²) < 4.78 is 1.96. The van der Waals surface area contributed by atoms with Gasteiger partial charge in [-0.1, -0.05) is 17.8 Å². The summed E-state index contributed by atoms with van der Waals surface area (Å²) in [7, 11) is 0. The van der Waals surface area contributed by atoms with Gasteiger partial charge >= 0.3 is 0 Å². The fourth-order valence-corrected chi connectivity index (χ4v) is 3.38. The Bertz CT molecular complexity index is 525. The number of hydrogen-bond acceptors (Lipinski definition) is 5. The Morgan fingerprint density at radius 3 is 2.95 bits per heavy atom. The van der Waals surface area contributed by atoms with Crippen LogP contribution in [-0.2, 0) is 11.3 Å². The Morgan fingerprint density at radius 1 is 1.52 bits per heavy atom. The van der Waals surface area contributed by atoms with Crippen molar-refractivity contribution < 1.29 is 4.79 Å². The molecule has 2 N–H and O–H groups in total. The van der Waals surface area contributed by atoms with E-state index in [-0.39, 0.29) is 5.91 Å². The van der Waals surface area contributed by atoms with Crippen LogP contribution in [0.3, 0.4) is 0 Å². The minimum Gasteiger partial charge on any atom is -0.329 e. The maximum absolute atomic E-state index is 12.4. The predicted molar refractivity (Wildman–Crippen MR) is 83.9 cm³/mol. The van der Waals surface area contributed by atoms with E-state index >= 15 is 0 Å². The molecule has 1 heterocycles. The molecule has 0 saturated carbocycles. The first-order valence-corrected chi connectivity index (χ1v) is 8.38. The van der Waals surface area contributed by atoms with Gasteiger partial charge in [-0.25, -0.2) is 0 Å². The second-order valence-electron chi connectivity index (χ2n) is 4.98. The van der Waals surface area contributed by atoms with E-state index in [2.05, 4.69) is 16.3 Å². The molecule has 2 rings (SSSR count). The molecule has 0 aromatic carbocycles. The van der Waals surface area contributed by atoms with Crippen molar-refractivity contribution >= 4 is 17.7 Å². The number of allylic oxidation sites excluding steroid dienone is 2. The minimum atomic E-state index is 0.135. The molecule has 0 bridgehead atoms. The van der Waals surface area contributed by atoms with Crippen LogP contribution in [0.2, 0.25) is 0 Å². The second-order valence-corrected chi connectivity index (χ2v) is 5.93. The van der Waals surface area contributed by atoms with Crippen LogP contribution in [0.15, 0.2) is 16.9 Å². The predicted octanol–water partition coefficient (Wildman–Crippen LogP) is 1.55. The van der Waals surface area contributed by atoms with Crippen molar-refractivity contribution in [2.45, 2.75) is 44.8 Å². The van der Waals surface area contributed by atoms with Gasteiger partial charge in [-0.15, -0.1) is 10.2 Å². The van der Waals surface area contributed by atoms with E-state index in [1.165, 1.54) is 17.5 Å². The lowest BCUT2D eigenvalue weighted by atomic mass is 10.3. The molecule has 6 nitrogen and oxygen atoms in total. The third-order valence-corrected chi connectivity index (χ3v) is 4.51. The summed E-state index contributed by atoms with van der Waals surface area (Å²) in [5.74, 6) is 1.35. The third-order valence-electron chi connectivity index (χ3n) is 3.56. The summed E-state index contributed by atoms with van der Waals surface area (Å²) in [5, 5.41) is 8.95. The fraction of sp³-hybridized carbons (Fsp3) is 0.643. The second kappa shape index (κ2) is 7.61. The molecule has 7 heteroatoms. The van der Waals surface area contributed by atoms with Crippen LogP contribution >= 0.6 is 11.8 Å². The average Bonchev–Trinajstić information content (AvgIpc) is 3.10. The lowest BCUT2D eigenvalue weighted by Crippen LogP contribution is -2.31. The van der Waals surface area contributed by atoms with E-state index < -0.39 is 0 Å². The Morgan fingerprint density at radius 2 is 2.33 bits per heavy atom. The largest absolute Gasteiger partial charge is 0.329 e. The molecule has 0 saturated heterocycles. The van der Waals surface area contributed by atoms with Gasteiger partial charge in [0.25, 0.3) is 0 Å². The maximum atomic E-state index is 12.4. The molecule has 1 aromatic heterocycles. The van der Waals surface area contributed by atoms with Gasteiger partial charge in [-0.3, -0.25) is 4.79 Å². The molecule has 0 fully saturated rings. The fourth-order valence-electron chi connectivity index (χ4n) is 2.50. The quantitative estimate of drug-likeness (QED) is 0.773. The molecule has 0 radical (unpaired) electrons. The molecule has 1 aromatic rings. The molecule has 1 aliphatic carbocycles. The number of carbonyl (C=O) groups is 1. The van der Waals surface area contributed by atoms with E-state index in [4.69, 9.17) is 5.73 Å². The molecule has 1 amide bonds. The zero-order valence-corrected chi connectivity index (χ0v) is 13.5. The number of thioether (sulfide) groups is 1. The summed E-state index contributed by atoms with van der Waals surface area (Å²) in [4.78, 5) is 14.3. The summed E-state index contributed by atoms with van der Waals surface area (Å²) in [6.07, 6.45) is 5.41. The first-order chi connectivity index (χ1) is 10.2. The smallest absolute Gasteiger partial charge is 0.237 e. The number of hydrogen-bond donors (Lipinski definition) is 1. The van der Waals surface area contributed by atoms with Crippen molar-refractivity contribution in [3.05, 3.63) is 17.6 Å². The van der Waals surface area contributed by atoms with Gasteiger partial charge in [0.05, 0.1) is 5.75 Å². The Kier molecular flexibility index (Phi) is 5.81. The van der Waals surface area contributed by atoms with Crippen molar-refractivity contribution in [2.24, 2.45) is 5.73 Å². The van der Waals surface area contributed by atoms with Crippen LogP contribution in [0, 0.1) is 6.92 Å². The normalized spacial score (nSPS) is 14.3. The van der Waals surface area contributed by atoms with Crippen molar-refractivity contribution in [3.63, 3.8) is 0 Å². The van der Waals surface area contributed by atoms with Crippen molar-refractivity contribution in [3.8, 4) is 0 Å². The third kappa shape index (κ3) is 3.85. The maximum Gasteiger partial charge on any atom is 0.237 e. The van der Waals surface area contributed by atoms with E-state index in [0.717, 1.165) is 36.8 Å². The molecule has 0 spiro atoms. The van der Waals surface area contributed by atoms with E-state index in [9.17, 15) is 4.79 Å². The van der Waals surface area contributed by atoms with Gasteiger partial charge in [0.1, 0.15) is 5.82 Å². The van der Waals surface area contributed by atoms with Crippen molar-refractivity contribution in [1.29, 1.82) is 0 Å². The summed E-state index contributed by atoms with van der Waals surface area (Å²) in [6.45, 7) is 5.85. The Hall–Kier alpha value is -1.34. The standard InChI is InChI=1S/C14H23N5OS/c1-3-18(12-6-4-5-7-12)13(20)10-21-14-17-16-11(2)19(14)9-8-15/h6H,3-5,7-10,15H2,1-2H3. The number of nitrogens with zero attached hydrogens (tertiary/aromatic N) is 4. The highest BCUT2D eigenvalue weighted by atomic mass is 32.2. The molecule has 1 aliphatic rings. The van der Waals surface area contributed by atoms with Crippen LogP contribution < -0.4 is 5.73 Å². The topological polar surface area (TPSA) is 77.0 Å². The monoisotopic (exact) mass is 309 g/mol. The molecule has 0 unspecified atom stereocenters. The first-order valence-electron chi connectivity index (χ1n) is 7.39. The zero-order chi connectivity index (χ0) is 15.2. The van der Waals surface area contributed by atoms with Crippen LogP contribution in [0.25, 0.3) is 0 Å². The number of amides is 1. The van der Waals surface area contributed by atoms with Gasteiger partial charge in [-0.2, -0.15) is 0 Å². The van der Waals surface area contributed by atoms with Gasteiger partial charge in [0.15, 0.2) is 5.16 Å². The van der Waals surface area contributed by atoms with E-state index in [1.807, 2.05) is 23.3 Å². The first kappa shape index (κ1) is 16.0. The average molecular weight is 309 g/mol. The summed E-state index contributed by atoms with van der Waals surface area (Å²) >= 11 is 1.43. The Balaban J connectivity index is 1.97. The lowest BCUT2D eigenvalue weighted by Gasteiger charge is -2.22. The molecule has 0 aliphatic heterocycles. The molecular formula is C14H23N5OS. The van der Waals surface area contributed by atoms with Crippen LogP contribution in [-0.4, -0.2) is 44.4 Å². The highest BCUT2D eigenvalue weighted by molar-refractivity contribution is 7.99. The summed E-state index contributed by atoms with van der Waals surface area (Å²) in [5.41, 5.74) is 6.77. The highest BCUT2D eigenvalue weighted by Crippen LogP contribution is 2.23. The van der Waals surface area contributed by atoms with E-state index in [0.29, 0.717) is 18.8 Å². The van der Waals surface area contributed by atoms with Gasteiger partial charge in [-0.05, 0) is 33.1 Å². The minimum absolute atomic E-state index is 0.135. The van der Waals surface area contributed by atoms with Crippen molar-refractivity contribution in [2.75, 3.05) is 18.8 Å². The van der Waals surface area contributed by atoms with Crippen LogP contribution in [0.5, 0.6) is 0 Å². The number of aryl methyl sites for hydroxylation is 1. The van der Waals surface area contributed by atoms with Crippen molar-refractivity contribution in [1.82, 2.24) is 19.7 Å². The molecular weight excluding hydrogens is 286 g/mol. The van der Waals surface area contributed by atoms with Crippen LogP contribution in [0.4, 0.5) is 0 Å². The molecule has 0 atom stereocenters. The Labute approximate surface area is 129 Å². The number of rotatable bonds is 7. The van der Waals surface area contributed by atoms with Crippen LogP contribution in [0.1, 0.15) is 32.0 Å². The SMILES string of the molecule is CCN(C(=O)CSc1nnc(C)n1CCN)C1=CCCC1. The lowest BCUT2D eigenvalue weighted by molar-refractivity contribution is -0.126. The number of aromatic nitrogens is 3. The number of carbonyl (C=O) groups excluding carboxylic acids is 1. The molecule has 116 valence electrons. The zero-order valence-electron chi connectivity index (χ0n) is 12.7. The van der Waals surface area contributed by atoms with Gasteiger partial charge in [0, 0.05) is 25.3 Å². The van der Waals surface area contributed by atoms with Gasteiger partial charge in [0.2, 0.25) is 5.91 Å².